The van der Waals surface area contributed by atoms with Crippen molar-refractivity contribution in [1.82, 2.24) is 19.9 Å². The molecule has 2 amide bonds. The number of hydrogen-bond acceptors (Lipinski definition) is 4. The molecule has 3 aromatic rings. The maximum Gasteiger partial charge on any atom is 0.275 e. The van der Waals surface area contributed by atoms with Gasteiger partial charge in [-0.05, 0) is 48.6 Å². The van der Waals surface area contributed by atoms with Gasteiger partial charge in [0.1, 0.15) is 17.9 Å². The number of anilines is 1. The summed E-state index contributed by atoms with van der Waals surface area (Å²) in [5.41, 5.74) is 3.12. The monoisotopic (exact) mass is 435 g/mol. The van der Waals surface area contributed by atoms with Gasteiger partial charge in [0.15, 0.2) is 0 Å². The minimum atomic E-state index is -0.344. The van der Waals surface area contributed by atoms with E-state index in [-0.39, 0.29) is 29.6 Å². The molecule has 1 aliphatic carbocycles. The van der Waals surface area contributed by atoms with Gasteiger partial charge in [-0.25, -0.2) is 4.98 Å². The fourth-order valence-corrected chi connectivity index (χ4v) is 3.91. The van der Waals surface area contributed by atoms with Crippen LogP contribution in [0.5, 0.6) is 0 Å². The number of carbonyl (C=O) groups is 2. The highest BCUT2D eigenvalue weighted by Gasteiger charge is 2.21. The summed E-state index contributed by atoms with van der Waals surface area (Å²) >= 11 is 0. The van der Waals surface area contributed by atoms with Crippen LogP contribution in [-0.2, 0) is 29.1 Å². The van der Waals surface area contributed by atoms with E-state index in [2.05, 4.69) is 27.5 Å². The number of aryl methyl sites for hydroxylation is 2. The molecule has 0 unspecified atom stereocenters. The molecule has 8 nitrogen and oxygen atoms in total. The maximum atomic E-state index is 12.7. The summed E-state index contributed by atoms with van der Waals surface area (Å²) in [7, 11) is 0. The summed E-state index contributed by atoms with van der Waals surface area (Å²) in [4.78, 5) is 43.9. The van der Waals surface area contributed by atoms with Crippen LogP contribution in [-0.4, -0.2) is 26.3 Å². The Hall–Kier alpha value is -3.42. The summed E-state index contributed by atoms with van der Waals surface area (Å²) in [6.45, 7) is 4.31. The Labute approximate surface area is 186 Å². The van der Waals surface area contributed by atoms with E-state index in [1.54, 1.807) is 13.1 Å². The summed E-state index contributed by atoms with van der Waals surface area (Å²) in [5, 5.41) is 6.41. The fraction of sp³-hybridized carbons (Fsp3) is 0.417. The molecule has 0 atom stereocenters. The van der Waals surface area contributed by atoms with Gasteiger partial charge in [0.2, 0.25) is 11.8 Å². The van der Waals surface area contributed by atoms with Gasteiger partial charge in [0.25, 0.3) is 5.56 Å². The van der Waals surface area contributed by atoms with Crippen LogP contribution in [0.1, 0.15) is 49.4 Å². The van der Waals surface area contributed by atoms with Crippen molar-refractivity contribution in [3.05, 3.63) is 57.8 Å². The van der Waals surface area contributed by atoms with E-state index in [0.717, 1.165) is 28.1 Å². The van der Waals surface area contributed by atoms with Gasteiger partial charge in [0.05, 0.1) is 0 Å². The normalized spacial score (nSPS) is 15.2. The molecule has 3 aromatic heterocycles. The maximum absolute atomic E-state index is 12.7. The Morgan fingerprint density at radius 3 is 2.75 bits per heavy atom. The first-order valence-corrected chi connectivity index (χ1v) is 11.1. The summed E-state index contributed by atoms with van der Waals surface area (Å²) in [6.07, 6.45) is 8.88. The molecule has 1 fully saturated rings. The number of rotatable bonds is 4. The van der Waals surface area contributed by atoms with Crippen molar-refractivity contribution in [2.24, 2.45) is 5.92 Å². The zero-order valence-electron chi connectivity index (χ0n) is 18.5. The SMILES string of the molecule is CC1CCC1.Cc1cc2c(c(=O)n1CC(=O)NCc1cnc3[nH]ccc3c1)NC(=O)CC2. The van der Waals surface area contributed by atoms with Gasteiger partial charge < -0.3 is 20.2 Å². The fourth-order valence-electron chi connectivity index (χ4n) is 3.91. The Balaban J connectivity index is 0.000000433. The van der Waals surface area contributed by atoms with Crippen molar-refractivity contribution >= 4 is 28.5 Å². The minimum Gasteiger partial charge on any atom is -0.350 e. The van der Waals surface area contributed by atoms with Gasteiger partial charge >= 0.3 is 0 Å². The molecule has 0 bridgehead atoms. The highest BCUT2D eigenvalue weighted by atomic mass is 16.2. The molecule has 1 aliphatic heterocycles. The molecule has 1 saturated carbocycles. The van der Waals surface area contributed by atoms with Crippen LogP contribution in [0.4, 0.5) is 5.69 Å². The van der Waals surface area contributed by atoms with Gasteiger partial charge in [-0.3, -0.25) is 14.4 Å². The van der Waals surface area contributed by atoms with Crippen molar-refractivity contribution in [2.45, 2.75) is 59.0 Å². The number of aromatic nitrogens is 3. The minimum absolute atomic E-state index is 0.104. The van der Waals surface area contributed by atoms with E-state index in [9.17, 15) is 14.4 Å². The molecule has 5 rings (SSSR count). The van der Waals surface area contributed by atoms with Crippen molar-refractivity contribution in [3.63, 3.8) is 0 Å². The molecule has 0 radical (unpaired) electrons. The van der Waals surface area contributed by atoms with Crippen LogP contribution >= 0.6 is 0 Å². The lowest BCUT2D eigenvalue weighted by atomic mass is 9.88. The molecule has 32 heavy (non-hydrogen) atoms. The van der Waals surface area contributed by atoms with E-state index in [1.807, 2.05) is 24.4 Å². The lowest BCUT2D eigenvalue weighted by Gasteiger charge is -2.19. The predicted molar refractivity (Wildman–Crippen MR) is 123 cm³/mol. The third-order valence-corrected chi connectivity index (χ3v) is 6.12. The number of pyridine rings is 2. The van der Waals surface area contributed by atoms with Crippen LogP contribution in [0.15, 0.2) is 35.4 Å². The van der Waals surface area contributed by atoms with Gasteiger partial charge in [-0.1, -0.05) is 26.2 Å². The zero-order chi connectivity index (χ0) is 22.7. The Kier molecular flexibility index (Phi) is 6.39. The molecule has 0 aromatic carbocycles. The van der Waals surface area contributed by atoms with Crippen LogP contribution in [0.25, 0.3) is 11.0 Å². The smallest absolute Gasteiger partial charge is 0.275 e. The van der Waals surface area contributed by atoms with Crippen LogP contribution in [0.2, 0.25) is 0 Å². The Morgan fingerprint density at radius 1 is 1.25 bits per heavy atom. The van der Waals surface area contributed by atoms with E-state index >= 15 is 0 Å². The number of aromatic amines is 1. The number of H-pyrrole nitrogens is 1. The largest absolute Gasteiger partial charge is 0.350 e. The Bertz CT molecular complexity index is 1210. The van der Waals surface area contributed by atoms with Gasteiger partial charge in [0, 0.05) is 36.4 Å². The van der Waals surface area contributed by atoms with E-state index in [0.29, 0.717) is 25.1 Å². The first-order valence-electron chi connectivity index (χ1n) is 11.1. The van der Waals surface area contributed by atoms with E-state index in [1.165, 1.54) is 23.8 Å². The highest BCUT2D eigenvalue weighted by Crippen LogP contribution is 2.24. The third kappa shape index (κ3) is 4.90. The molecule has 3 N–H and O–H groups in total. The van der Waals surface area contributed by atoms with Crippen LogP contribution in [0, 0.1) is 12.8 Å². The predicted octanol–water partition coefficient (Wildman–Crippen LogP) is 3.04. The highest BCUT2D eigenvalue weighted by molar-refractivity contribution is 5.93. The summed E-state index contributed by atoms with van der Waals surface area (Å²) < 4.78 is 1.38. The number of hydrogen-bond donors (Lipinski definition) is 3. The lowest BCUT2D eigenvalue weighted by molar-refractivity contribution is -0.122. The molecular weight excluding hydrogens is 406 g/mol. The number of fused-ring (bicyclic) bond motifs is 2. The average molecular weight is 436 g/mol. The van der Waals surface area contributed by atoms with E-state index < -0.39 is 0 Å². The molecule has 2 aliphatic rings. The molecule has 0 spiro atoms. The molecule has 4 heterocycles. The van der Waals surface area contributed by atoms with Crippen LogP contribution < -0.4 is 16.2 Å². The summed E-state index contributed by atoms with van der Waals surface area (Å²) in [5.74, 6) is 0.610. The van der Waals surface area contributed by atoms with Gasteiger partial charge in [-0.2, -0.15) is 0 Å². The number of amides is 2. The van der Waals surface area contributed by atoms with Crippen molar-refractivity contribution in [2.75, 3.05) is 5.32 Å². The van der Waals surface area contributed by atoms with E-state index in [4.69, 9.17) is 0 Å². The average Bonchev–Trinajstić information content (AvgIpc) is 3.23. The molecule has 0 saturated heterocycles. The zero-order valence-corrected chi connectivity index (χ0v) is 18.5. The van der Waals surface area contributed by atoms with Gasteiger partial charge in [-0.15, -0.1) is 0 Å². The third-order valence-electron chi connectivity index (χ3n) is 6.12. The lowest BCUT2D eigenvalue weighted by Crippen LogP contribution is -2.36. The summed E-state index contributed by atoms with van der Waals surface area (Å²) in [6, 6.07) is 5.72. The standard InChI is InChI=1S/C19H19N5O3.C5H10/c1-11-6-13-2-3-15(25)23-17(13)19(27)24(11)10-16(26)21-8-12-7-14-4-5-20-18(14)22-9-12;1-5-3-2-4-5/h4-7,9H,2-3,8,10H2,1H3,(H,20,22)(H,21,26)(H,23,25);5H,2-4H2,1H3. The number of carbonyl (C=O) groups excluding carboxylic acids is 2. The molecular formula is C24H29N5O3. The molecule has 8 heteroatoms. The first kappa shape index (κ1) is 21.8. The second-order valence-electron chi connectivity index (χ2n) is 8.70. The second-order valence-corrected chi connectivity index (χ2v) is 8.70. The van der Waals surface area contributed by atoms with Crippen molar-refractivity contribution in [3.8, 4) is 0 Å². The first-order chi connectivity index (χ1) is 15.4. The van der Waals surface area contributed by atoms with Crippen molar-refractivity contribution < 1.29 is 9.59 Å². The van der Waals surface area contributed by atoms with Crippen LogP contribution in [0.3, 0.4) is 0 Å². The topological polar surface area (TPSA) is 109 Å². The second kappa shape index (κ2) is 9.38. The quantitative estimate of drug-likeness (QED) is 0.585. The number of nitrogens with zero attached hydrogens (tertiary/aromatic N) is 2. The molecule has 168 valence electrons. The van der Waals surface area contributed by atoms with Crippen molar-refractivity contribution in [1.29, 1.82) is 0 Å². The Morgan fingerprint density at radius 2 is 2.03 bits per heavy atom. The number of nitrogens with one attached hydrogen (secondary N) is 3.